The maximum Gasteiger partial charge on any atom is 0.323 e. The maximum absolute atomic E-state index is 12.4. The molecule has 0 saturated carbocycles. The number of carboxylic acids is 1. The molecular formula is C13H18N2O4. The molecule has 1 aromatic heterocycles. The smallest absolute Gasteiger partial charge is 0.323 e. The van der Waals surface area contributed by atoms with E-state index in [0.29, 0.717) is 25.4 Å². The summed E-state index contributed by atoms with van der Waals surface area (Å²) in [4.78, 5) is 24.9. The molecule has 104 valence electrons. The van der Waals surface area contributed by atoms with E-state index in [9.17, 15) is 9.59 Å². The molecule has 1 amide bonds. The van der Waals surface area contributed by atoms with Gasteiger partial charge in [0.2, 0.25) is 0 Å². The summed E-state index contributed by atoms with van der Waals surface area (Å²) in [6, 6.07) is 3.33. The number of ether oxygens (including phenoxy) is 1. The van der Waals surface area contributed by atoms with Gasteiger partial charge in [-0.05, 0) is 26.0 Å². The minimum absolute atomic E-state index is 0.150. The van der Waals surface area contributed by atoms with Crippen molar-refractivity contribution < 1.29 is 19.4 Å². The molecule has 0 atom stereocenters. The summed E-state index contributed by atoms with van der Waals surface area (Å²) in [6.45, 7) is 5.19. The number of morpholine rings is 1. The minimum atomic E-state index is -0.965. The van der Waals surface area contributed by atoms with Crippen molar-refractivity contribution in [3.05, 3.63) is 24.0 Å². The topological polar surface area (TPSA) is 71.8 Å². The van der Waals surface area contributed by atoms with Gasteiger partial charge in [-0.3, -0.25) is 9.59 Å². The minimum Gasteiger partial charge on any atom is -0.480 e. The largest absolute Gasteiger partial charge is 0.480 e. The van der Waals surface area contributed by atoms with Crippen molar-refractivity contribution in [2.75, 3.05) is 19.7 Å². The van der Waals surface area contributed by atoms with Crippen LogP contribution >= 0.6 is 0 Å². The van der Waals surface area contributed by atoms with Gasteiger partial charge in [-0.1, -0.05) is 0 Å². The second-order valence-electron chi connectivity index (χ2n) is 5.25. The highest BCUT2D eigenvalue weighted by Crippen LogP contribution is 2.18. The lowest BCUT2D eigenvalue weighted by Crippen LogP contribution is -2.50. The summed E-state index contributed by atoms with van der Waals surface area (Å²) in [6.07, 6.45) is 1.60. The Morgan fingerprint density at radius 1 is 1.47 bits per heavy atom. The normalized spacial score (nSPS) is 18.3. The molecule has 19 heavy (non-hydrogen) atoms. The van der Waals surface area contributed by atoms with Gasteiger partial charge in [0.05, 0.1) is 12.2 Å². The molecule has 1 fully saturated rings. The van der Waals surface area contributed by atoms with Gasteiger partial charge in [0, 0.05) is 19.3 Å². The molecule has 6 nitrogen and oxygen atoms in total. The quantitative estimate of drug-likeness (QED) is 0.879. The van der Waals surface area contributed by atoms with Crippen LogP contribution in [0.2, 0.25) is 0 Å². The molecule has 0 bridgehead atoms. The number of hydrogen-bond donors (Lipinski definition) is 1. The van der Waals surface area contributed by atoms with Gasteiger partial charge < -0.3 is 19.3 Å². The Balaban J connectivity index is 2.15. The summed E-state index contributed by atoms with van der Waals surface area (Å²) < 4.78 is 7.01. The van der Waals surface area contributed by atoms with E-state index in [1.54, 1.807) is 23.2 Å². The van der Waals surface area contributed by atoms with Crippen LogP contribution in [0.25, 0.3) is 0 Å². The van der Waals surface area contributed by atoms with Crippen molar-refractivity contribution in [3.8, 4) is 0 Å². The van der Waals surface area contributed by atoms with Gasteiger partial charge in [0.1, 0.15) is 12.2 Å². The van der Waals surface area contributed by atoms with Gasteiger partial charge in [0.25, 0.3) is 5.91 Å². The monoisotopic (exact) mass is 266 g/mol. The first-order chi connectivity index (χ1) is 8.89. The third-order valence-corrected chi connectivity index (χ3v) is 3.07. The van der Waals surface area contributed by atoms with Crippen LogP contribution in [-0.2, 0) is 16.1 Å². The maximum atomic E-state index is 12.4. The van der Waals surface area contributed by atoms with Crippen molar-refractivity contribution in [2.24, 2.45) is 0 Å². The van der Waals surface area contributed by atoms with Crippen LogP contribution in [0.3, 0.4) is 0 Å². The third-order valence-electron chi connectivity index (χ3n) is 3.07. The number of carbonyl (C=O) groups is 2. The summed E-state index contributed by atoms with van der Waals surface area (Å²) >= 11 is 0. The Labute approximate surface area is 111 Å². The number of carbonyl (C=O) groups excluding carboxylic acids is 1. The lowest BCUT2D eigenvalue weighted by molar-refractivity contribution is -0.137. The molecule has 0 radical (unpaired) electrons. The Morgan fingerprint density at radius 2 is 2.21 bits per heavy atom. The van der Waals surface area contributed by atoms with E-state index in [2.05, 4.69) is 0 Å². The van der Waals surface area contributed by atoms with Crippen molar-refractivity contribution in [1.82, 2.24) is 9.47 Å². The lowest BCUT2D eigenvalue weighted by atomic mass is 10.1. The number of hydrogen-bond acceptors (Lipinski definition) is 3. The average Bonchev–Trinajstić information content (AvgIpc) is 2.74. The first-order valence-corrected chi connectivity index (χ1v) is 6.19. The van der Waals surface area contributed by atoms with Crippen molar-refractivity contribution in [2.45, 2.75) is 26.0 Å². The molecule has 1 saturated heterocycles. The van der Waals surface area contributed by atoms with Gasteiger partial charge in [-0.25, -0.2) is 0 Å². The number of amides is 1. The number of carboxylic acid groups (broad SMARTS) is 1. The van der Waals surface area contributed by atoms with Crippen molar-refractivity contribution in [3.63, 3.8) is 0 Å². The summed E-state index contributed by atoms with van der Waals surface area (Å²) in [5.74, 6) is -1.12. The van der Waals surface area contributed by atoms with Crippen LogP contribution in [0.5, 0.6) is 0 Å². The molecule has 0 aromatic carbocycles. The van der Waals surface area contributed by atoms with E-state index < -0.39 is 5.97 Å². The van der Waals surface area contributed by atoms with Crippen LogP contribution in [0.1, 0.15) is 24.3 Å². The molecule has 2 heterocycles. The highest BCUT2D eigenvalue weighted by atomic mass is 16.5. The summed E-state index contributed by atoms with van der Waals surface area (Å²) in [5.41, 5.74) is 0.0399. The zero-order valence-electron chi connectivity index (χ0n) is 11.1. The number of rotatable bonds is 3. The first-order valence-electron chi connectivity index (χ1n) is 6.19. The SMILES string of the molecule is CC1(C)CN(C(=O)c2cccn2CC(=O)O)CCO1. The van der Waals surface area contributed by atoms with E-state index in [1.165, 1.54) is 4.57 Å². The second kappa shape index (κ2) is 5.05. The lowest BCUT2D eigenvalue weighted by Gasteiger charge is -2.38. The molecule has 1 aromatic rings. The Morgan fingerprint density at radius 3 is 2.84 bits per heavy atom. The molecule has 1 aliphatic heterocycles. The average molecular weight is 266 g/mol. The molecular weight excluding hydrogens is 248 g/mol. The predicted molar refractivity (Wildman–Crippen MR) is 68.0 cm³/mol. The van der Waals surface area contributed by atoms with E-state index in [0.717, 1.165) is 0 Å². The molecule has 0 unspecified atom stereocenters. The van der Waals surface area contributed by atoms with E-state index in [4.69, 9.17) is 9.84 Å². The van der Waals surface area contributed by atoms with Crippen LogP contribution in [0.4, 0.5) is 0 Å². The molecule has 6 heteroatoms. The zero-order chi connectivity index (χ0) is 14.0. The highest BCUT2D eigenvalue weighted by Gasteiger charge is 2.31. The molecule has 0 spiro atoms. The number of nitrogens with zero attached hydrogens (tertiary/aromatic N) is 2. The predicted octanol–water partition coefficient (Wildman–Crippen LogP) is 0.824. The van der Waals surface area contributed by atoms with Gasteiger partial charge in [0.15, 0.2) is 0 Å². The van der Waals surface area contributed by atoms with Crippen LogP contribution < -0.4 is 0 Å². The highest BCUT2D eigenvalue weighted by molar-refractivity contribution is 5.93. The van der Waals surface area contributed by atoms with Crippen LogP contribution in [0.15, 0.2) is 18.3 Å². The van der Waals surface area contributed by atoms with Crippen molar-refractivity contribution >= 4 is 11.9 Å². The van der Waals surface area contributed by atoms with Gasteiger partial charge in [-0.2, -0.15) is 0 Å². The summed E-state index contributed by atoms with van der Waals surface area (Å²) in [5, 5.41) is 8.82. The van der Waals surface area contributed by atoms with Crippen LogP contribution in [0, 0.1) is 0 Å². The fourth-order valence-corrected chi connectivity index (χ4v) is 2.24. The first kappa shape index (κ1) is 13.6. The number of aliphatic carboxylic acids is 1. The second-order valence-corrected chi connectivity index (χ2v) is 5.25. The van der Waals surface area contributed by atoms with Gasteiger partial charge in [-0.15, -0.1) is 0 Å². The van der Waals surface area contributed by atoms with E-state index in [-0.39, 0.29) is 18.1 Å². The van der Waals surface area contributed by atoms with Crippen LogP contribution in [-0.4, -0.2) is 51.7 Å². The molecule has 1 N–H and O–H groups in total. The zero-order valence-corrected chi connectivity index (χ0v) is 11.1. The van der Waals surface area contributed by atoms with E-state index in [1.807, 2.05) is 13.8 Å². The van der Waals surface area contributed by atoms with E-state index >= 15 is 0 Å². The fourth-order valence-electron chi connectivity index (χ4n) is 2.24. The standard InChI is InChI=1S/C13H18N2O4/c1-13(2)9-15(6-7-19-13)12(18)10-4-3-5-14(10)8-11(16)17/h3-5H,6-9H2,1-2H3,(H,16,17). The van der Waals surface area contributed by atoms with Crippen molar-refractivity contribution in [1.29, 1.82) is 0 Å². The summed E-state index contributed by atoms with van der Waals surface area (Å²) in [7, 11) is 0. The molecule has 0 aliphatic carbocycles. The fraction of sp³-hybridized carbons (Fsp3) is 0.538. The molecule has 2 rings (SSSR count). The molecule has 1 aliphatic rings. The Kier molecular flexibility index (Phi) is 3.61. The Bertz CT molecular complexity index is 493. The number of aromatic nitrogens is 1. The third kappa shape index (κ3) is 3.14. The van der Waals surface area contributed by atoms with Gasteiger partial charge >= 0.3 is 5.97 Å². The Hall–Kier alpha value is -1.82.